The zero-order valence-electron chi connectivity index (χ0n) is 16.4. The number of hydrogen-bond donors (Lipinski definition) is 1. The Morgan fingerprint density at radius 2 is 1.75 bits per heavy atom. The number of carbonyl (C=O) groups excluding carboxylic acids is 1. The number of piperazine rings is 1. The monoisotopic (exact) mass is 431 g/mol. The van der Waals surface area contributed by atoms with Crippen LogP contribution in [-0.4, -0.2) is 76.7 Å². The van der Waals surface area contributed by atoms with Crippen LogP contribution in [0.15, 0.2) is 29.2 Å². The Morgan fingerprint density at radius 3 is 2.39 bits per heavy atom. The number of nitrogens with one attached hydrogen (secondary N) is 1. The molecule has 0 aliphatic carbocycles. The highest BCUT2D eigenvalue weighted by Gasteiger charge is 2.27. The van der Waals surface area contributed by atoms with Gasteiger partial charge in [0, 0.05) is 31.9 Å². The predicted octanol–water partition coefficient (Wildman–Crippen LogP) is 1.17. The Balaban J connectivity index is 2.03. The number of rotatable bonds is 9. The number of hydrogen-bond acceptors (Lipinski definition) is 6. The van der Waals surface area contributed by atoms with Gasteiger partial charge < -0.3 is 10.2 Å². The third-order valence-corrected chi connectivity index (χ3v) is 8.14. The SMILES string of the molecule is CCCCCS(=O)(=O)CC(=O)Nc1cccc(S(=O)(=O)N2CCN(C)CC2)c1. The number of nitrogens with zero attached hydrogens (tertiary/aromatic N) is 2. The molecule has 8 nitrogen and oxygen atoms in total. The third kappa shape index (κ3) is 6.54. The number of amides is 1. The summed E-state index contributed by atoms with van der Waals surface area (Å²) in [5.74, 6) is -1.29. The zero-order chi connectivity index (χ0) is 20.8. The molecule has 2 rings (SSSR count). The molecule has 1 N–H and O–H groups in total. The molecule has 1 amide bonds. The molecule has 1 heterocycles. The van der Waals surface area contributed by atoms with Crippen molar-refractivity contribution in [1.82, 2.24) is 9.21 Å². The molecule has 1 fully saturated rings. The lowest BCUT2D eigenvalue weighted by atomic mass is 10.3. The lowest BCUT2D eigenvalue weighted by Crippen LogP contribution is -2.47. The van der Waals surface area contributed by atoms with E-state index in [9.17, 15) is 21.6 Å². The normalized spacial score (nSPS) is 16.8. The maximum absolute atomic E-state index is 12.8. The standard InChI is InChI=1S/C18H29N3O5S2/c1-3-4-5-13-27(23,24)15-18(22)19-16-7-6-8-17(14-16)28(25,26)21-11-9-20(2)10-12-21/h6-8,14H,3-5,9-13,15H2,1-2H3,(H,19,22). The van der Waals surface area contributed by atoms with Crippen LogP contribution < -0.4 is 5.32 Å². The van der Waals surface area contributed by atoms with Gasteiger partial charge in [-0.2, -0.15) is 4.31 Å². The molecule has 0 atom stereocenters. The molecular formula is C18H29N3O5S2. The number of unbranched alkanes of at least 4 members (excludes halogenated alkanes) is 2. The summed E-state index contributed by atoms with van der Waals surface area (Å²) < 4.78 is 51.0. The largest absolute Gasteiger partial charge is 0.325 e. The first-order chi connectivity index (χ1) is 13.1. The molecule has 0 aromatic heterocycles. The summed E-state index contributed by atoms with van der Waals surface area (Å²) >= 11 is 0. The van der Waals surface area contributed by atoms with Gasteiger partial charge >= 0.3 is 0 Å². The van der Waals surface area contributed by atoms with Crippen LogP contribution in [-0.2, 0) is 24.7 Å². The van der Waals surface area contributed by atoms with Gasteiger partial charge in [-0.15, -0.1) is 0 Å². The molecule has 0 unspecified atom stereocenters. The maximum Gasteiger partial charge on any atom is 0.243 e. The molecule has 0 bridgehead atoms. The van der Waals surface area contributed by atoms with Crippen molar-refractivity contribution < 1.29 is 21.6 Å². The van der Waals surface area contributed by atoms with Crippen LogP contribution >= 0.6 is 0 Å². The molecule has 1 saturated heterocycles. The smallest absolute Gasteiger partial charge is 0.243 e. The van der Waals surface area contributed by atoms with E-state index in [4.69, 9.17) is 0 Å². The van der Waals surface area contributed by atoms with Gasteiger partial charge in [0.15, 0.2) is 9.84 Å². The molecule has 1 aliphatic rings. The number of carbonyl (C=O) groups is 1. The average molecular weight is 432 g/mol. The average Bonchev–Trinajstić information content (AvgIpc) is 2.62. The first-order valence-electron chi connectivity index (χ1n) is 9.43. The van der Waals surface area contributed by atoms with Crippen molar-refractivity contribution in [2.75, 3.05) is 50.0 Å². The van der Waals surface area contributed by atoms with Crippen LogP contribution in [0.1, 0.15) is 26.2 Å². The zero-order valence-corrected chi connectivity index (χ0v) is 18.1. The van der Waals surface area contributed by atoms with Crippen molar-refractivity contribution in [3.63, 3.8) is 0 Å². The van der Waals surface area contributed by atoms with Crippen molar-refractivity contribution in [1.29, 1.82) is 0 Å². The topological polar surface area (TPSA) is 104 Å². The van der Waals surface area contributed by atoms with E-state index in [1.54, 1.807) is 6.07 Å². The van der Waals surface area contributed by atoms with E-state index in [1.807, 2.05) is 14.0 Å². The second kappa shape index (κ2) is 9.82. The minimum Gasteiger partial charge on any atom is -0.325 e. The molecule has 28 heavy (non-hydrogen) atoms. The molecular weight excluding hydrogens is 402 g/mol. The Morgan fingerprint density at radius 1 is 1.07 bits per heavy atom. The fourth-order valence-corrected chi connectivity index (χ4v) is 5.68. The van der Waals surface area contributed by atoms with Gasteiger partial charge in [0.2, 0.25) is 15.9 Å². The van der Waals surface area contributed by atoms with E-state index in [0.717, 1.165) is 12.8 Å². The first kappa shape index (κ1) is 22.8. The highest BCUT2D eigenvalue weighted by molar-refractivity contribution is 7.92. The Bertz CT molecular complexity index is 876. The minimum atomic E-state index is -3.66. The van der Waals surface area contributed by atoms with Gasteiger partial charge in [-0.3, -0.25) is 4.79 Å². The maximum atomic E-state index is 12.8. The van der Waals surface area contributed by atoms with Crippen molar-refractivity contribution in [2.24, 2.45) is 0 Å². The van der Waals surface area contributed by atoms with Crippen LogP contribution in [0.25, 0.3) is 0 Å². The van der Waals surface area contributed by atoms with E-state index in [0.29, 0.717) is 32.6 Å². The van der Waals surface area contributed by atoms with Crippen LogP contribution in [0, 0.1) is 0 Å². The van der Waals surface area contributed by atoms with Crippen molar-refractivity contribution in [3.05, 3.63) is 24.3 Å². The second-order valence-electron chi connectivity index (χ2n) is 7.08. The fourth-order valence-electron chi connectivity index (χ4n) is 2.95. The molecule has 0 saturated carbocycles. The Hall–Kier alpha value is -1.49. The summed E-state index contributed by atoms with van der Waals surface area (Å²) in [6.45, 7) is 4.11. The van der Waals surface area contributed by atoms with Crippen molar-refractivity contribution >= 4 is 31.5 Å². The van der Waals surface area contributed by atoms with E-state index >= 15 is 0 Å². The molecule has 0 spiro atoms. The summed E-state index contributed by atoms with van der Waals surface area (Å²) in [6.07, 6.45) is 2.23. The van der Waals surface area contributed by atoms with Gasteiger partial charge in [-0.1, -0.05) is 25.8 Å². The van der Waals surface area contributed by atoms with E-state index in [-0.39, 0.29) is 16.3 Å². The first-order valence-corrected chi connectivity index (χ1v) is 12.7. The van der Waals surface area contributed by atoms with E-state index < -0.39 is 31.5 Å². The summed E-state index contributed by atoms with van der Waals surface area (Å²) in [6, 6.07) is 5.93. The molecule has 1 aromatic rings. The van der Waals surface area contributed by atoms with Crippen molar-refractivity contribution in [3.8, 4) is 0 Å². The number of likely N-dealkylation sites (N-methyl/N-ethyl adjacent to an activating group) is 1. The van der Waals surface area contributed by atoms with Gasteiger partial charge in [-0.05, 0) is 31.7 Å². The van der Waals surface area contributed by atoms with Gasteiger partial charge in [0.25, 0.3) is 0 Å². The van der Waals surface area contributed by atoms with Crippen LogP contribution in [0.4, 0.5) is 5.69 Å². The highest BCUT2D eigenvalue weighted by atomic mass is 32.2. The van der Waals surface area contributed by atoms with Crippen LogP contribution in [0.3, 0.4) is 0 Å². The minimum absolute atomic E-state index is 0.0217. The third-order valence-electron chi connectivity index (χ3n) is 4.63. The summed E-state index contributed by atoms with van der Waals surface area (Å²) in [7, 11) is -5.19. The van der Waals surface area contributed by atoms with Gasteiger partial charge in [0.1, 0.15) is 5.75 Å². The number of sulfone groups is 1. The van der Waals surface area contributed by atoms with Crippen LogP contribution in [0.2, 0.25) is 0 Å². The Labute approximate surface area is 167 Å². The number of anilines is 1. The summed E-state index contributed by atoms with van der Waals surface area (Å²) in [5.41, 5.74) is 0.268. The lowest BCUT2D eigenvalue weighted by Gasteiger charge is -2.31. The van der Waals surface area contributed by atoms with Crippen LogP contribution in [0.5, 0.6) is 0 Å². The summed E-state index contributed by atoms with van der Waals surface area (Å²) in [4.78, 5) is 14.2. The quantitative estimate of drug-likeness (QED) is 0.589. The summed E-state index contributed by atoms with van der Waals surface area (Å²) in [5, 5.41) is 2.50. The molecule has 1 aliphatic heterocycles. The molecule has 158 valence electrons. The fraction of sp³-hybridized carbons (Fsp3) is 0.611. The van der Waals surface area contributed by atoms with E-state index in [2.05, 4.69) is 10.2 Å². The van der Waals surface area contributed by atoms with Gasteiger partial charge in [0.05, 0.1) is 10.6 Å². The van der Waals surface area contributed by atoms with Gasteiger partial charge in [-0.25, -0.2) is 16.8 Å². The highest BCUT2D eigenvalue weighted by Crippen LogP contribution is 2.21. The molecule has 1 aromatic carbocycles. The lowest BCUT2D eigenvalue weighted by molar-refractivity contribution is -0.113. The number of sulfonamides is 1. The predicted molar refractivity (Wildman–Crippen MR) is 110 cm³/mol. The molecule has 10 heteroatoms. The Kier molecular flexibility index (Phi) is 7.99. The number of benzene rings is 1. The van der Waals surface area contributed by atoms with E-state index in [1.165, 1.54) is 22.5 Å². The van der Waals surface area contributed by atoms with Crippen molar-refractivity contribution in [2.45, 2.75) is 31.1 Å². The molecule has 0 radical (unpaired) electrons. The second-order valence-corrected chi connectivity index (χ2v) is 11.2.